The Labute approximate surface area is 202 Å². The fourth-order valence-electron chi connectivity index (χ4n) is 3.92. The lowest BCUT2D eigenvalue weighted by molar-refractivity contribution is 0.0984. The van der Waals surface area contributed by atoms with Gasteiger partial charge in [0.05, 0.1) is 23.4 Å². The van der Waals surface area contributed by atoms with E-state index in [0.717, 1.165) is 11.3 Å². The van der Waals surface area contributed by atoms with Crippen LogP contribution in [-0.4, -0.2) is 40.9 Å². The summed E-state index contributed by atoms with van der Waals surface area (Å²) in [5.41, 5.74) is 3.39. The number of anilines is 5. The van der Waals surface area contributed by atoms with Crippen molar-refractivity contribution in [3.05, 3.63) is 95.9 Å². The molecule has 4 aromatic rings. The third-order valence-corrected chi connectivity index (χ3v) is 5.63. The van der Waals surface area contributed by atoms with Crippen molar-refractivity contribution in [1.29, 1.82) is 0 Å². The van der Waals surface area contributed by atoms with E-state index < -0.39 is 0 Å². The van der Waals surface area contributed by atoms with Crippen molar-refractivity contribution in [2.75, 3.05) is 34.5 Å². The molecule has 35 heavy (non-hydrogen) atoms. The quantitative estimate of drug-likeness (QED) is 0.468. The summed E-state index contributed by atoms with van der Waals surface area (Å²) in [5.74, 6) is 0.953. The summed E-state index contributed by atoms with van der Waals surface area (Å²) in [6.07, 6.45) is 4.79. The van der Waals surface area contributed by atoms with Crippen molar-refractivity contribution in [3.8, 4) is 0 Å². The van der Waals surface area contributed by atoms with Crippen molar-refractivity contribution < 1.29 is 9.59 Å². The van der Waals surface area contributed by atoms with Crippen LogP contribution >= 0.6 is 0 Å². The second kappa shape index (κ2) is 9.22. The number of nitrogens with zero attached hydrogens (tertiary/aromatic N) is 5. The number of hydrogen-bond acceptors (Lipinski definition) is 7. The molecule has 1 aromatic carbocycles. The Morgan fingerprint density at radius 3 is 2.54 bits per heavy atom. The molecule has 0 fully saturated rings. The molecule has 174 valence electrons. The number of hydrogen-bond donors (Lipinski definition) is 2. The van der Waals surface area contributed by atoms with E-state index >= 15 is 0 Å². The standard InChI is InChI=1S/C26H23N7O2/c1-32(2)24-19(8-5-14-28-24)25(34)31-22-12-11-17(15-29-22)26(35)33-16-18-7-3-4-9-20(18)30-23-21(33)10-6-13-27-23/h3-15H,16H2,1-2H3,(H,27,30)(H,29,31,34). The minimum absolute atomic E-state index is 0.217. The van der Waals surface area contributed by atoms with Crippen LogP contribution in [0.2, 0.25) is 0 Å². The second-order valence-corrected chi connectivity index (χ2v) is 8.20. The summed E-state index contributed by atoms with van der Waals surface area (Å²) in [6, 6.07) is 18.2. The van der Waals surface area contributed by atoms with Crippen LogP contribution in [0.15, 0.2) is 79.3 Å². The van der Waals surface area contributed by atoms with Gasteiger partial charge in [-0.25, -0.2) is 15.0 Å². The largest absolute Gasteiger partial charge is 0.362 e. The molecule has 9 heteroatoms. The zero-order valence-corrected chi connectivity index (χ0v) is 19.3. The number of carbonyl (C=O) groups is 2. The third-order valence-electron chi connectivity index (χ3n) is 5.63. The highest BCUT2D eigenvalue weighted by molar-refractivity contribution is 6.09. The lowest BCUT2D eigenvalue weighted by atomic mass is 10.1. The molecule has 0 radical (unpaired) electrons. The number of fused-ring (bicyclic) bond motifs is 2. The van der Waals surface area contributed by atoms with Crippen LogP contribution in [0, 0.1) is 0 Å². The number of nitrogens with one attached hydrogen (secondary N) is 2. The monoisotopic (exact) mass is 465 g/mol. The first kappa shape index (κ1) is 22.0. The molecular weight excluding hydrogens is 442 g/mol. The van der Waals surface area contributed by atoms with Crippen molar-refractivity contribution >= 4 is 40.6 Å². The lowest BCUT2D eigenvalue weighted by Gasteiger charge is -2.22. The summed E-state index contributed by atoms with van der Waals surface area (Å²) in [6.45, 7) is 0.382. The first-order valence-electron chi connectivity index (χ1n) is 11.0. The number of aromatic nitrogens is 3. The molecule has 0 aliphatic carbocycles. The number of benzene rings is 1. The van der Waals surface area contributed by atoms with Gasteiger partial charge in [-0.3, -0.25) is 9.59 Å². The number of rotatable bonds is 4. The van der Waals surface area contributed by atoms with Crippen LogP contribution in [0.3, 0.4) is 0 Å². The maximum absolute atomic E-state index is 13.5. The van der Waals surface area contributed by atoms with E-state index in [-0.39, 0.29) is 11.8 Å². The highest BCUT2D eigenvalue weighted by Crippen LogP contribution is 2.34. The van der Waals surface area contributed by atoms with Crippen LogP contribution in [0.25, 0.3) is 0 Å². The fraction of sp³-hybridized carbons (Fsp3) is 0.115. The highest BCUT2D eigenvalue weighted by atomic mass is 16.2. The molecular formula is C26H23N7O2. The van der Waals surface area contributed by atoms with Crippen LogP contribution in [-0.2, 0) is 6.54 Å². The molecule has 1 aliphatic heterocycles. The normalized spacial score (nSPS) is 12.0. The molecule has 1 aliphatic rings. The first-order valence-corrected chi connectivity index (χ1v) is 11.0. The minimum Gasteiger partial charge on any atom is -0.362 e. The van der Waals surface area contributed by atoms with E-state index in [2.05, 4.69) is 25.6 Å². The molecule has 0 atom stereocenters. The Morgan fingerprint density at radius 2 is 1.74 bits per heavy atom. The van der Waals surface area contributed by atoms with E-state index in [1.54, 1.807) is 52.5 Å². The molecule has 0 spiro atoms. The zero-order valence-electron chi connectivity index (χ0n) is 19.3. The minimum atomic E-state index is -0.330. The van der Waals surface area contributed by atoms with Crippen LogP contribution in [0.1, 0.15) is 26.3 Å². The van der Waals surface area contributed by atoms with Gasteiger partial charge in [0.15, 0.2) is 5.82 Å². The number of pyridine rings is 3. The van der Waals surface area contributed by atoms with Crippen LogP contribution < -0.4 is 20.4 Å². The third kappa shape index (κ3) is 4.39. The molecule has 9 nitrogen and oxygen atoms in total. The van der Waals surface area contributed by atoms with Gasteiger partial charge in [-0.15, -0.1) is 0 Å². The Kier molecular flexibility index (Phi) is 5.80. The van der Waals surface area contributed by atoms with Crippen LogP contribution in [0.4, 0.5) is 28.8 Å². The number of carbonyl (C=O) groups excluding carboxylic acids is 2. The average molecular weight is 466 g/mol. The average Bonchev–Trinajstić information content (AvgIpc) is 3.05. The van der Waals surface area contributed by atoms with Crippen molar-refractivity contribution in [3.63, 3.8) is 0 Å². The molecule has 0 bridgehead atoms. The Morgan fingerprint density at radius 1 is 0.943 bits per heavy atom. The molecule has 5 rings (SSSR count). The Bertz CT molecular complexity index is 1400. The van der Waals surface area contributed by atoms with Crippen molar-refractivity contribution in [1.82, 2.24) is 15.0 Å². The lowest BCUT2D eigenvalue weighted by Crippen LogP contribution is -2.30. The fourth-order valence-corrected chi connectivity index (χ4v) is 3.92. The maximum Gasteiger partial charge on any atom is 0.260 e. The molecule has 2 N–H and O–H groups in total. The SMILES string of the molecule is CN(C)c1ncccc1C(=O)Nc1ccc(C(=O)N2Cc3ccccc3Nc3ncccc32)cn1. The predicted octanol–water partition coefficient (Wildman–Crippen LogP) is 4.09. The Balaban J connectivity index is 1.39. The van der Waals surface area contributed by atoms with Crippen molar-refractivity contribution in [2.24, 2.45) is 0 Å². The maximum atomic E-state index is 13.5. The van der Waals surface area contributed by atoms with Gasteiger partial charge in [0.2, 0.25) is 0 Å². The summed E-state index contributed by atoms with van der Waals surface area (Å²) >= 11 is 0. The van der Waals surface area contributed by atoms with Crippen molar-refractivity contribution in [2.45, 2.75) is 6.54 Å². The number of para-hydroxylation sites is 1. The summed E-state index contributed by atoms with van der Waals surface area (Å²) in [5, 5.41) is 6.10. The zero-order chi connectivity index (χ0) is 24.4. The molecule has 4 heterocycles. The molecule has 3 aromatic heterocycles. The van der Waals surface area contributed by atoms with Gasteiger partial charge in [-0.05, 0) is 48.0 Å². The molecule has 0 saturated carbocycles. The van der Waals surface area contributed by atoms with Gasteiger partial charge in [0, 0.05) is 38.4 Å². The van der Waals surface area contributed by atoms with Gasteiger partial charge in [0.25, 0.3) is 11.8 Å². The predicted molar refractivity (Wildman–Crippen MR) is 135 cm³/mol. The van der Waals surface area contributed by atoms with Gasteiger partial charge < -0.3 is 20.4 Å². The topological polar surface area (TPSA) is 103 Å². The van der Waals surface area contributed by atoms with E-state index in [1.807, 2.05) is 44.4 Å². The Hall–Kier alpha value is -4.79. The van der Waals surface area contributed by atoms with Crippen LogP contribution in [0.5, 0.6) is 0 Å². The summed E-state index contributed by atoms with van der Waals surface area (Å²) < 4.78 is 0. The number of amides is 2. The van der Waals surface area contributed by atoms with E-state index in [0.29, 0.717) is 40.8 Å². The smallest absolute Gasteiger partial charge is 0.260 e. The molecule has 0 unspecified atom stereocenters. The molecule has 0 saturated heterocycles. The highest BCUT2D eigenvalue weighted by Gasteiger charge is 2.26. The van der Waals surface area contributed by atoms with Gasteiger partial charge in [0.1, 0.15) is 11.6 Å². The first-order chi connectivity index (χ1) is 17.0. The van der Waals surface area contributed by atoms with Gasteiger partial charge >= 0.3 is 0 Å². The van der Waals surface area contributed by atoms with E-state index in [4.69, 9.17) is 0 Å². The van der Waals surface area contributed by atoms with E-state index in [9.17, 15) is 9.59 Å². The summed E-state index contributed by atoms with van der Waals surface area (Å²) in [4.78, 5) is 42.8. The summed E-state index contributed by atoms with van der Waals surface area (Å²) in [7, 11) is 3.64. The molecule has 2 amide bonds. The second-order valence-electron chi connectivity index (χ2n) is 8.20. The van der Waals surface area contributed by atoms with Gasteiger partial charge in [-0.2, -0.15) is 0 Å². The van der Waals surface area contributed by atoms with E-state index in [1.165, 1.54) is 6.20 Å². The van der Waals surface area contributed by atoms with Gasteiger partial charge in [-0.1, -0.05) is 18.2 Å².